The summed E-state index contributed by atoms with van der Waals surface area (Å²) >= 11 is 6.33. The molecule has 6 nitrogen and oxygen atoms in total. The number of benzene rings is 2. The van der Waals surface area contributed by atoms with E-state index in [1.807, 2.05) is 59.0 Å². The van der Waals surface area contributed by atoms with E-state index in [2.05, 4.69) is 10.4 Å². The highest BCUT2D eigenvalue weighted by Gasteiger charge is 2.33. The SMILES string of the molecule is Cc1ccc(-n2ncc(C(=O)NCc3cccc(C(=O)N4CCCC4)c3)c2C2CC2)cc1Cl. The van der Waals surface area contributed by atoms with Crippen LogP contribution in [-0.4, -0.2) is 39.6 Å². The summed E-state index contributed by atoms with van der Waals surface area (Å²) < 4.78 is 1.84. The Morgan fingerprint density at radius 2 is 1.91 bits per heavy atom. The molecular formula is C26H27ClN4O2. The molecule has 2 amide bonds. The molecule has 33 heavy (non-hydrogen) atoms. The Bertz CT molecular complexity index is 1210. The monoisotopic (exact) mass is 462 g/mol. The van der Waals surface area contributed by atoms with E-state index in [4.69, 9.17) is 11.6 Å². The molecule has 2 heterocycles. The number of nitrogens with zero attached hydrogens (tertiary/aromatic N) is 3. The lowest BCUT2D eigenvalue weighted by Gasteiger charge is -2.15. The first kappa shape index (κ1) is 21.7. The molecule has 0 unspecified atom stereocenters. The second-order valence-corrected chi connectivity index (χ2v) is 9.35. The van der Waals surface area contributed by atoms with Gasteiger partial charge in [0.1, 0.15) is 0 Å². The average molecular weight is 463 g/mol. The van der Waals surface area contributed by atoms with E-state index in [1.54, 1.807) is 6.20 Å². The zero-order valence-electron chi connectivity index (χ0n) is 18.7. The Morgan fingerprint density at radius 3 is 2.64 bits per heavy atom. The molecule has 1 saturated carbocycles. The van der Waals surface area contributed by atoms with Gasteiger partial charge in [-0.25, -0.2) is 4.68 Å². The number of aromatic nitrogens is 2. The minimum absolute atomic E-state index is 0.0646. The highest BCUT2D eigenvalue weighted by Crippen LogP contribution is 2.42. The maximum absolute atomic E-state index is 13.1. The van der Waals surface area contributed by atoms with Crippen LogP contribution in [0.5, 0.6) is 0 Å². The van der Waals surface area contributed by atoms with Crippen LogP contribution in [0.15, 0.2) is 48.7 Å². The molecule has 1 aliphatic heterocycles. The van der Waals surface area contributed by atoms with E-state index in [0.29, 0.717) is 28.6 Å². The third-order valence-electron chi connectivity index (χ3n) is 6.44. The predicted molar refractivity (Wildman–Crippen MR) is 128 cm³/mol. The van der Waals surface area contributed by atoms with Gasteiger partial charge in [0.25, 0.3) is 11.8 Å². The van der Waals surface area contributed by atoms with Crippen molar-refractivity contribution in [1.29, 1.82) is 0 Å². The molecular weight excluding hydrogens is 436 g/mol. The van der Waals surface area contributed by atoms with Gasteiger partial charge < -0.3 is 10.2 Å². The van der Waals surface area contributed by atoms with Crippen molar-refractivity contribution in [3.05, 3.63) is 81.6 Å². The molecule has 0 bridgehead atoms. The minimum Gasteiger partial charge on any atom is -0.348 e. The topological polar surface area (TPSA) is 67.2 Å². The van der Waals surface area contributed by atoms with Gasteiger partial charge in [-0.05, 0) is 68.0 Å². The van der Waals surface area contributed by atoms with Gasteiger partial charge in [0.05, 0.1) is 23.1 Å². The molecule has 1 aromatic heterocycles. The molecule has 1 aliphatic carbocycles. The molecule has 170 valence electrons. The largest absolute Gasteiger partial charge is 0.348 e. The maximum atomic E-state index is 13.1. The summed E-state index contributed by atoms with van der Waals surface area (Å²) in [5.41, 5.74) is 4.97. The summed E-state index contributed by atoms with van der Waals surface area (Å²) in [4.78, 5) is 27.7. The number of halogens is 1. The van der Waals surface area contributed by atoms with Gasteiger partial charge in [0.2, 0.25) is 0 Å². The van der Waals surface area contributed by atoms with E-state index < -0.39 is 0 Å². The van der Waals surface area contributed by atoms with Crippen LogP contribution < -0.4 is 5.32 Å². The highest BCUT2D eigenvalue weighted by molar-refractivity contribution is 6.31. The molecule has 0 radical (unpaired) electrons. The van der Waals surface area contributed by atoms with Gasteiger partial charge in [-0.3, -0.25) is 9.59 Å². The second kappa shape index (κ2) is 9.02. The summed E-state index contributed by atoms with van der Waals surface area (Å²) in [6.45, 7) is 3.95. The number of aryl methyl sites for hydroxylation is 1. The van der Waals surface area contributed by atoms with Crippen LogP contribution in [0.4, 0.5) is 0 Å². The fourth-order valence-electron chi connectivity index (χ4n) is 4.40. The molecule has 7 heteroatoms. The first-order chi connectivity index (χ1) is 16.0. The maximum Gasteiger partial charge on any atom is 0.255 e. The van der Waals surface area contributed by atoms with Crippen LogP contribution in [0, 0.1) is 6.92 Å². The molecule has 1 N–H and O–H groups in total. The second-order valence-electron chi connectivity index (χ2n) is 8.95. The molecule has 2 aliphatic rings. The van der Waals surface area contributed by atoms with Crippen molar-refractivity contribution in [3.63, 3.8) is 0 Å². The van der Waals surface area contributed by atoms with Crippen LogP contribution in [0.2, 0.25) is 5.02 Å². The van der Waals surface area contributed by atoms with Crippen LogP contribution in [-0.2, 0) is 6.54 Å². The average Bonchev–Trinajstić information content (AvgIpc) is 3.33. The number of hydrogen-bond acceptors (Lipinski definition) is 3. The van der Waals surface area contributed by atoms with Crippen molar-refractivity contribution in [2.24, 2.45) is 0 Å². The zero-order chi connectivity index (χ0) is 22.9. The summed E-state index contributed by atoms with van der Waals surface area (Å²) in [5, 5.41) is 8.22. The van der Waals surface area contributed by atoms with E-state index in [0.717, 1.165) is 61.3 Å². The van der Waals surface area contributed by atoms with Gasteiger partial charge >= 0.3 is 0 Å². The van der Waals surface area contributed by atoms with Crippen molar-refractivity contribution >= 4 is 23.4 Å². The number of likely N-dealkylation sites (tertiary alicyclic amines) is 1. The van der Waals surface area contributed by atoms with Gasteiger partial charge in [0.15, 0.2) is 0 Å². The quantitative estimate of drug-likeness (QED) is 0.567. The van der Waals surface area contributed by atoms with Gasteiger partial charge in [-0.1, -0.05) is 29.8 Å². The Morgan fingerprint density at radius 1 is 1.12 bits per heavy atom. The molecule has 1 saturated heterocycles. The highest BCUT2D eigenvalue weighted by atomic mass is 35.5. The van der Waals surface area contributed by atoms with E-state index in [9.17, 15) is 9.59 Å². The summed E-state index contributed by atoms with van der Waals surface area (Å²) in [5.74, 6) is 0.238. The standard InChI is InChI=1S/C26H27ClN4O2/c1-17-7-10-21(14-23(17)27)31-24(19-8-9-19)22(16-29-31)25(32)28-15-18-5-4-6-20(13-18)26(33)30-11-2-3-12-30/h4-7,10,13-14,16,19H,2-3,8-9,11-12,15H2,1H3,(H,28,32). The van der Waals surface area contributed by atoms with Crippen molar-refractivity contribution in [2.45, 2.75) is 45.1 Å². The Labute approximate surface area is 198 Å². The third-order valence-corrected chi connectivity index (χ3v) is 6.84. The number of amides is 2. The fraction of sp³-hybridized carbons (Fsp3) is 0.346. The molecule has 2 aromatic carbocycles. The number of nitrogens with one attached hydrogen (secondary N) is 1. The van der Waals surface area contributed by atoms with Crippen molar-refractivity contribution < 1.29 is 9.59 Å². The fourth-order valence-corrected chi connectivity index (χ4v) is 4.57. The van der Waals surface area contributed by atoms with Crippen molar-refractivity contribution in [2.75, 3.05) is 13.1 Å². The molecule has 0 spiro atoms. The normalized spacial score (nSPS) is 15.6. The molecule has 3 aromatic rings. The number of carbonyl (C=O) groups is 2. The number of rotatable bonds is 6. The summed E-state index contributed by atoms with van der Waals surface area (Å²) in [6.07, 6.45) is 5.86. The van der Waals surface area contributed by atoms with Crippen molar-refractivity contribution in [1.82, 2.24) is 20.0 Å². The van der Waals surface area contributed by atoms with Gasteiger partial charge in [-0.2, -0.15) is 5.10 Å². The lowest BCUT2D eigenvalue weighted by Crippen LogP contribution is -2.28. The van der Waals surface area contributed by atoms with Crippen LogP contribution in [0.1, 0.15) is 69.1 Å². The Kier molecular flexibility index (Phi) is 5.94. The van der Waals surface area contributed by atoms with Crippen LogP contribution in [0.25, 0.3) is 5.69 Å². The number of hydrogen-bond donors (Lipinski definition) is 1. The van der Waals surface area contributed by atoms with E-state index in [1.165, 1.54) is 0 Å². The summed E-state index contributed by atoms with van der Waals surface area (Å²) in [6, 6.07) is 13.4. The van der Waals surface area contributed by atoms with E-state index in [-0.39, 0.29) is 11.8 Å². The molecule has 5 rings (SSSR count). The smallest absolute Gasteiger partial charge is 0.255 e. The van der Waals surface area contributed by atoms with Crippen molar-refractivity contribution in [3.8, 4) is 5.69 Å². The molecule has 2 fully saturated rings. The number of carbonyl (C=O) groups excluding carboxylic acids is 2. The Hall–Kier alpha value is -3.12. The minimum atomic E-state index is -0.155. The van der Waals surface area contributed by atoms with Crippen LogP contribution >= 0.6 is 11.6 Å². The Balaban J connectivity index is 1.32. The first-order valence-electron chi connectivity index (χ1n) is 11.5. The molecule has 0 atom stereocenters. The summed E-state index contributed by atoms with van der Waals surface area (Å²) in [7, 11) is 0. The third kappa shape index (κ3) is 4.53. The van der Waals surface area contributed by atoms with E-state index >= 15 is 0 Å². The van der Waals surface area contributed by atoms with Crippen LogP contribution in [0.3, 0.4) is 0 Å². The first-order valence-corrected chi connectivity index (χ1v) is 11.9. The predicted octanol–water partition coefficient (Wildman–Crippen LogP) is 4.88. The van der Waals surface area contributed by atoms with Gasteiger partial charge in [-0.15, -0.1) is 0 Å². The van der Waals surface area contributed by atoms with Gasteiger partial charge in [0, 0.05) is 36.1 Å². The lowest BCUT2D eigenvalue weighted by atomic mass is 10.1. The zero-order valence-corrected chi connectivity index (χ0v) is 19.4. The lowest BCUT2D eigenvalue weighted by molar-refractivity contribution is 0.0792.